The molecule has 1 aliphatic heterocycles. The molecule has 0 radical (unpaired) electrons. The fraction of sp³-hybridized carbons (Fsp3) is 0.421. The topological polar surface area (TPSA) is 62.3 Å². The van der Waals surface area contributed by atoms with Gasteiger partial charge in [-0.2, -0.15) is 0 Å². The van der Waals surface area contributed by atoms with Crippen molar-refractivity contribution >= 4 is 28.4 Å². The number of para-hydroxylation sites is 1. The minimum Gasteiger partial charge on any atom is -0.341 e. The molecule has 3 rings (SSSR count). The number of benzene rings is 1. The summed E-state index contributed by atoms with van der Waals surface area (Å²) in [7, 11) is 0. The molecule has 2 amide bonds. The zero-order valence-electron chi connectivity index (χ0n) is 14.6. The second-order valence-corrected chi connectivity index (χ2v) is 6.77. The summed E-state index contributed by atoms with van der Waals surface area (Å²) in [4.78, 5) is 30.3. The Morgan fingerprint density at radius 2 is 1.92 bits per heavy atom. The van der Waals surface area contributed by atoms with Gasteiger partial charge >= 0.3 is 0 Å². The Morgan fingerprint density at radius 1 is 1.25 bits per heavy atom. The van der Waals surface area contributed by atoms with E-state index in [2.05, 4.69) is 24.1 Å². The van der Waals surface area contributed by atoms with E-state index in [-0.39, 0.29) is 23.7 Å². The second kappa shape index (κ2) is 6.23. The summed E-state index contributed by atoms with van der Waals surface area (Å²) in [5.74, 6) is 0.117. The number of hydrogen-bond acceptors (Lipinski definition) is 3. The normalized spacial score (nSPS) is 14.8. The largest absolute Gasteiger partial charge is 0.341 e. The number of aryl methyl sites for hydroxylation is 1. The summed E-state index contributed by atoms with van der Waals surface area (Å²) in [6, 6.07) is 7.86. The first-order valence-electron chi connectivity index (χ1n) is 8.34. The third-order valence-electron chi connectivity index (χ3n) is 4.64. The molecule has 1 aliphatic rings. The summed E-state index contributed by atoms with van der Waals surface area (Å²) >= 11 is 0. The van der Waals surface area contributed by atoms with Crippen LogP contribution in [0.25, 0.3) is 10.9 Å². The van der Waals surface area contributed by atoms with Gasteiger partial charge in [-0.3, -0.25) is 14.6 Å². The Hall–Kier alpha value is -2.43. The Labute approximate surface area is 142 Å². The fourth-order valence-electron chi connectivity index (χ4n) is 3.32. The number of carbonyl (C=O) groups excluding carboxylic acids is 2. The number of fused-ring (bicyclic) bond motifs is 1. The zero-order chi connectivity index (χ0) is 17.4. The molecule has 1 aromatic carbocycles. The summed E-state index contributed by atoms with van der Waals surface area (Å²) in [6.45, 7) is 8.73. The molecule has 0 atom stereocenters. The van der Waals surface area contributed by atoms with Crippen LogP contribution in [0.15, 0.2) is 24.3 Å². The maximum atomic E-state index is 12.6. The summed E-state index contributed by atoms with van der Waals surface area (Å²) < 4.78 is 0. The molecule has 5 heteroatoms. The van der Waals surface area contributed by atoms with Crippen molar-refractivity contribution in [1.29, 1.82) is 0 Å². The van der Waals surface area contributed by atoms with Crippen molar-refractivity contribution in [3.05, 3.63) is 35.5 Å². The number of anilines is 1. The zero-order valence-corrected chi connectivity index (χ0v) is 14.6. The van der Waals surface area contributed by atoms with Crippen molar-refractivity contribution in [3.63, 3.8) is 0 Å². The first-order chi connectivity index (χ1) is 11.4. The number of nitrogens with one attached hydrogen (secondary N) is 1. The van der Waals surface area contributed by atoms with Gasteiger partial charge in [-0.05, 0) is 18.9 Å². The molecule has 0 bridgehead atoms. The molecular formula is C19H23N3O2. The molecule has 0 saturated carbocycles. The highest BCUT2D eigenvalue weighted by atomic mass is 16.2. The third kappa shape index (κ3) is 2.86. The number of amides is 2. The molecular weight excluding hydrogens is 302 g/mol. The molecule has 24 heavy (non-hydrogen) atoms. The molecule has 0 unspecified atom stereocenters. The molecule has 2 aromatic rings. The molecule has 0 spiro atoms. The van der Waals surface area contributed by atoms with Crippen LogP contribution in [0.3, 0.4) is 0 Å². The van der Waals surface area contributed by atoms with E-state index in [0.29, 0.717) is 13.1 Å². The second-order valence-electron chi connectivity index (χ2n) is 6.77. The summed E-state index contributed by atoms with van der Waals surface area (Å²) in [6.07, 6.45) is 0. The van der Waals surface area contributed by atoms with E-state index in [1.165, 1.54) is 6.92 Å². The Bertz CT molecular complexity index is 808. The van der Waals surface area contributed by atoms with Crippen LogP contribution >= 0.6 is 0 Å². The number of likely N-dealkylation sites (tertiary alicyclic amines) is 1. The lowest BCUT2D eigenvalue weighted by Crippen LogP contribution is -2.53. The standard InChI is InChI=1S/C19H23N3O2/c1-11(2)17-12(3)20-16-8-6-5-7-15(16)18(17)21-19(24)14-9-22(10-14)13(4)23/h5-8,11,14H,9-10H2,1-4H3,(H,20,21,24). The van der Waals surface area contributed by atoms with Crippen molar-refractivity contribution < 1.29 is 9.59 Å². The van der Waals surface area contributed by atoms with Crippen molar-refractivity contribution in [2.24, 2.45) is 5.92 Å². The first-order valence-corrected chi connectivity index (χ1v) is 8.34. The highest BCUT2D eigenvalue weighted by Gasteiger charge is 2.34. The number of rotatable bonds is 3. The van der Waals surface area contributed by atoms with Gasteiger partial charge < -0.3 is 10.2 Å². The Morgan fingerprint density at radius 3 is 2.54 bits per heavy atom. The van der Waals surface area contributed by atoms with Gasteiger partial charge in [0.25, 0.3) is 0 Å². The molecule has 126 valence electrons. The molecule has 1 fully saturated rings. The van der Waals surface area contributed by atoms with Crippen molar-refractivity contribution in [3.8, 4) is 0 Å². The lowest BCUT2D eigenvalue weighted by atomic mass is 9.95. The van der Waals surface area contributed by atoms with Crippen molar-refractivity contribution in [2.45, 2.75) is 33.6 Å². The monoisotopic (exact) mass is 325 g/mol. The minimum absolute atomic E-state index is 0.0205. The van der Waals surface area contributed by atoms with Crippen molar-refractivity contribution in [1.82, 2.24) is 9.88 Å². The number of aromatic nitrogens is 1. The number of carbonyl (C=O) groups is 2. The molecule has 2 heterocycles. The van der Waals surface area contributed by atoms with E-state index < -0.39 is 0 Å². The van der Waals surface area contributed by atoms with Crippen LogP contribution in [0.2, 0.25) is 0 Å². The minimum atomic E-state index is -0.138. The lowest BCUT2D eigenvalue weighted by Gasteiger charge is -2.37. The summed E-state index contributed by atoms with van der Waals surface area (Å²) in [5, 5.41) is 4.08. The molecule has 5 nitrogen and oxygen atoms in total. The van der Waals surface area contributed by atoms with Gasteiger partial charge in [0, 0.05) is 36.7 Å². The summed E-state index contributed by atoms with van der Waals surface area (Å²) in [5.41, 5.74) is 3.76. The predicted octanol–water partition coefficient (Wildman–Crippen LogP) is 3.08. The van der Waals surface area contributed by atoms with Crippen molar-refractivity contribution in [2.75, 3.05) is 18.4 Å². The Kier molecular flexibility index (Phi) is 4.26. The van der Waals surface area contributed by atoms with Crippen LogP contribution in [0.5, 0.6) is 0 Å². The average Bonchev–Trinajstić information content (AvgIpc) is 2.44. The highest BCUT2D eigenvalue weighted by Crippen LogP contribution is 2.34. The molecule has 1 aromatic heterocycles. The van der Waals surface area contributed by atoms with Gasteiger partial charge in [-0.25, -0.2) is 0 Å². The van der Waals surface area contributed by atoms with E-state index >= 15 is 0 Å². The lowest BCUT2D eigenvalue weighted by molar-refractivity contribution is -0.139. The van der Waals surface area contributed by atoms with Crippen LogP contribution in [0.4, 0.5) is 5.69 Å². The van der Waals surface area contributed by atoms with E-state index in [0.717, 1.165) is 27.8 Å². The predicted molar refractivity (Wildman–Crippen MR) is 94.9 cm³/mol. The van der Waals surface area contributed by atoms with Crippen LogP contribution in [0, 0.1) is 12.8 Å². The van der Waals surface area contributed by atoms with Gasteiger partial charge in [0.1, 0.15) is 0 Å². The number of nitrogens with zero attached hydrogens (tertiary/aromatic N) is 2. The Balaban J connectivity index is 1.94. The SMILES string of the molecule is CC(=O)N1CC(C(=O)Nc2c(C(C)C)c(C)nc3ccccc23)C1. The fourth-order valence-corrected chi connectivity index (χ4v) is 3.32. The maximum Gasteiger partial charge on any atom is 0.231 e. The molecule has 1 N–H and O–H groups in total. The first kappa shape index (κ1) is 16.4. The van der Waals surface area contributed by atoms with E-state index in [1.54, 1.807) is 4.90 Å². The van der Waals surface area contributed by atoms with Gasteiger partial charge in [-0.1, -0.05) is 32.0 Å². The highest BCUT2D eigenvalue weighted by molar-refractivity contribution is 6.04. The van der Waals surface area contributed by atoms with Gasteiger partial charge in [-0.15, -0.1) is 0 Å². The molecule has 1 saturated heterocycles. The number of pyridine rings is 1. The quantitative estimate of drug-likeness (QED) is 0.943. The van der Waals surface area contributed by atoms with Crippen LogP contribution in [-0.4, -0.2) is 34.8 Å². The van der Waals surface area contributed by atoms with Gasteiger partial charge in [0.05, 0.1) is 17.1 Å². The van der Waals surface area contributed by atoms with Crippen LogP contribution < -0.4 is 5.32 Å². The van der Waals surface area contributed by atoms with Crippen LogP contribution in [0.1, 0.15) is 37.9 Å². The van der Waals surface area contributed by atoms with Crippen LogP contribution in [-0.2, 0) is 9.59 Å². The van der Waals surface area contributed by atoms with Gasteiger partial charge in [0.15, 0.2) is 0 Å². The smallest absolute Gasteiger partial charge is 0.231 e. The van der Waals surface area contributed by atoms with Gasteiger partial charge in [0.2, 0.25) is 11.8 Å². The maximum absolute atomic E-state index is 12.6. The van der Waals surface area contributed by atoms with E-state index in [9.17, 15) is 9.59 Å². The molecule has 0 aliphatic carbocycles. The number of hydrogen-bond donors (Lipinski definition) is 1. The average molecular weight is 325 g/mol. The third-order valence-corrected chi connectivity index (χ3v) is 4.64. The van der Waals surface area contributed by atoms with E-state index in [1.807, 2.05) is 31.2 Å². The van der Waals surface area contributed by atoms with E-state index in [4.69, 9.17) is 0 Å².